The van der Waals surface area contributed by atoms with Crippen molar-refractivity contribution in [1.29, 1.82) is 0 Å². The number of sulfonamides is 1. The maximum absolute atomic E-state index is 13.1. The van der Waals surface area contributed by atoms with E-state index in [1.165, 1.54) is 21.1 Å². The summed E-state index contributed by atoms with van der Waals surface area (Å²) in [6, 6.07) is 6.15. The van der Waals surface area contributed by atoms with Crippen molar-refractivity contribution in [3.05, 3.63) is 46.1 Å². The van der Waals surface area contributed by atoms with Crippen LogP contribution in [0.1, 0.15) is 41.9 Å². The van der Waals surface area contributed by atoms with Gasteiger partial charge in [0, 0.05) is 51.3 Å². The third-order valence-corrected chi connectivity index (χ3v) is 8.54. The summed E-state index contributed by atoms with van der Waals surface area (Å²) in [6.07, 6.45) is 1.41. The van der Waals surface area contributed by atoms with Gasteiger partial charge >= 0.3 is 5.69 Å². The van der Waals surface area contributed by atoms with Crippen molar-refractivity contribution in [2.75, 3.05) is 53.1 Å². The van der Waals surface area contributed by atoms with Crippen molar-refractivity contribution >= 4 is 15.9 Å². The lowest BCUT2D eigenvalue weighted by atomic mass is 9.95. The Morgan fingerprint density at radius 2 is 1.77 bits per heavy atom. The Labute approximate surface area is 205 Å². The van der Waals surface area contributed by atoms with Gasteiger partial charge < -0.3 is 14.4 Å². The first-order valence-electron chi connectivity index (χ1n) is 12.0. The number of likely N-dealkylation sites (tertiary alicyclic amines) is 1. The number of ether oxygens (including phenoxy) is 2. The fraction of sp³-hybridized carbons (Fsp3) is 0.609. The highest BCUT2D eigenvalue weighted by atomic mass is 32.2. The molecule has 3 heterocycles. The van der Waals surface area contributed by atoms with Crippen LogP contribution in [-0.2, 0) is 32.6 Å². The minimum atomic E-state index is -3.60. The first-order valence-corrected chi connectivity index (χ1v) is 13.4. The Morgan fingerprint density at radius 1 is 1.11 bits per heavy atom. The number of carbonyl (C=O) groups excluding carboxylic acids is 1. The van der Waals surface area contributed by atoms with Gasteiger partial charge in [0.05, 0.1) is 31.3 Å². The van der Waals surface area contributed by atoms with Crippen LogP contribution in [0.2, 0.25) is 0 Å². The maximum Gasteiger partial charge on any atom is 0.345 e. The molecule has 2 aliphatic rings. The van der Waals surface area contributed by atoms with Gasteiger partial charge in [-0.2, -0.15) is 9.40 Å². The Balaban J connectivity index is 1.40. The zero-order chi connectivity index (χ0) is 25.0. The Hall–Kier alpha value is -2.54. The summed E-state index contributed by atoms with van der Waals surface area (Å²) in [5.41, 5.74) is 0.323. The lowest BCUT2D eigenvalue weighted by molar-refractivity contribution is 0.0710. The second kappa shape index (κ2) is 11.0. The van der Waals surface area contributed by atoms with E-state index in [9.17, 15) is 18.0 Å². The molecule has 0 unspecified atom stereocenters. The van der Waals surface area contributed by atoms with Crippen LogP contribution in [0, 0.1) is 0 Å². The lowest BCUT2D eigenvalue weighted by Crippen LogP contribution is -2.40. The van der Waals surface area contributed by atoms with E-state index < -0.39 is 10.0 Å². The molecule has 2 saturated heterocycles. The quantitative estimate of drug-likeness (QED) is 0.518. The average molecular weight is 508 g/mol. The number of nitrogens with zero attached hydrogens (tertiary/aromatic N) is 5. The van der Waals surface area contributed by atoms with E-state index in [4.69, 9.17) is 9.47 Å². The van der Waals surface area contributed by atoms with Gasteiger partial charge in [-0.15, -0.1) is 0 Å². The number of aromatic nitrogens is 3. The minimum Gasteiger partial charge on any atom is -0.383 e. The van der Waals surface area contributed by atoms with Crippen LogP contribution < -0.4 is 5.69 Å². The molecule has 1 amide bonds. The molecule has 0 saturated carbocycles. The van der Waals surface area contributed by atoms with Crippen molar-refractivity contribution < 1.29 is 22.7 Å². The molecule has 0 aliphatic carbocycles. The van der Waals surface area contributed by atoms with E-state index >= 15 is 0 Å². The number of hydrogen-bond acceptors (Lipinski definition) is 7. The Kier molecular flexibility index (Phi) is 8.05. The molecular formula is C23H33N5O6S. The lowest BCUT2D eigenvalue weighted by Gasteiger charge is -2.31. The van der Waals surface area contributed by atoms with Gasteiger partial charge in [-0.05, 0) is 44.0 Å². The maximum atomic E-state index is 13.1. The normalized spacial score (nSPS) is 18.2. The largest absolute Gasteiger partial charge is 0.383 e. The molecule has 2 aromatic rings. The third kappa shape index (κ3) is 5.35. The first-order chi connectivity index (χ1) is 16.9. The van der Waals surface area contributed by atoms with Gasteiger partial charge in [-0.1, -0.05) is 0 Å². The van der Waals surface area contributed by atoms with Crippen LogP contribution in [0.4, 0.5) is 0 Å². The number of carbonyl (C=O) groups is 1. The monoisotopic (exact) mass is 507 g/mol. The Morgan fingerprint density at radius 3 is 2.37 bits per heavy atom. The summed E-state index contributed by atoms with van der Waals surface area (Å²) in [5.74, 6) is 0.729. The molecule has 12 heteroatoms. The molecule has 0 spiro atoms. The third-order valence-electron chi connectivity index (χ3n) is 6.63. The molecule has 0 bridgehead atoms. The number of piperidine rings is 1. The predicted molar refractivity (Wildman–Crippen MR) is 128 cm³/mol. The molecule has 1 aromatic heterocycles. The number of amides is 1. The topological polar surface area (TPSA) is 116 Å². The molecule has 1 aromatic carbocycles. The van der Waals surface area contributed by atoms with Crippen LogP contribution in [0.3, 0.4) is 0 Å². The number of rotatable bonds is 8. The van der Waals surface area contributed by atoms with Gasteiger partial charge in [0.1, 0.15) is 5.82 Å². The zero-order valence-corrected chi connectivity index (χ0v) is 21.1. The number of morpholine rings is 1. The smallest absolute Gasteiger partial charge is 0.345 e. The minimum absolute atomic E-state index is 0.0940. The van der Waals surface area contributed by atoms with Crippen LogP contribution in [0.15, 0.2) is 34.0 Å². The highest BCUT2D eigenvalue weighted by molar-refractivity contribution is 7.89. The molecule has 2 fully saturated rings. The van der Waals surface area contributed by atoms with Crippen molar-refractivity contribution in [2.24, 2.45) is 0 Å². The summed E-state index contributed by atoms with van der Waals surface area (Å²) in [5, 5.41) is 4.56. The number of benzene rings is 1. The zero-order valence-electron chi connectivity index (χ0n) is 20.3. The Bertz CT molecular complexity index is 1180. The van der Waals surface area contributed by atoms with E-state index in [0.717, 1.165) is 5.82 Å². The van der Waals surface area contributed by atoms with Crippen molar-refractivity contribution in [1.82, 2.24) is 23.6 Å². The van der Waals surface area contributed by atoms with Gasteiger partial charge in [-0.25, -0.2) is 17.9 Å². The predicted octanol–water partition coefficient (Wildman–Crippen LogP) is 0.752. The summed E-state index contributed by atoms with van der Waals surface area (Å²) in [6.45, 7) is 5.79. The molecule has 35 heavy (non-hydrogen) atoms. The molecule has 192 valence electrons. The fourth-order valence-corrected chi connectivity index (χ4v) is 6.02. The van der Waals surface area contributed by atoms with Gasteiger partial charge in [0.2, 0.25) is 10.0 Å². The molecule has 0 atom stereocenters. The van der Waals surface area contributed by atoms with E-state index in [1.54, 1.807) is 28.7 Å². The SMILES string of the molecule is CCn1c(C2CCN(C(=O)c3ccc(S(=O)(=O)N4CCOCC4)cc3)CC2)nn(CCOC)c1=O. The number of hydrogen-bond donors (Lipinski definition) is 0. The molecule has 0 radical (unpaired) electrons. The van der Waals surface area contributed by atoms with Gasteiger partial charge in [-0.3, -0.25) is 9.36 Å². The van der Waals surface area contributed by atoms with Crippen LogP contribution >= 0.6 is 0 Å². The molecular weight excluding hydrogens is 474 g/mol. The summed E-state index contributed by atoms with van der Waals surface area (Å²) < 4.78 is 40.5. The molecule has 4 rings (SSSR count). The standard InChI is InChI=1S/C23H33N5O6S/c1-3-27-21(24-28(23(27)30)14-15-33-2)18-8-10-25(11-9-18)22(29)19-4-6-20(7-5-19)35(31,32)26-12-16-34-17-13-26/h4-7,18H,3,8-17H2,1-2H3. The number of methoxy groups -OCH3 is 1. The second-order valence-electron chi connectivity index (χ2n) is 8.71. The molecule has 0 N–H and O–H groups in total. The van der Waals surface area contributed by atoms with Crippen LogP contribution in [0.25, 0.3) is 0 Å². The second-order valence-corrected chi connectivity index (χ2v) is 10.6. The summed E-state index contributed by atoms with van der Waals surface area (Å²) >= 11 is 0. The fourth-order valence-electron chi connectivity index (χ4n) is 4.61. The van der Waals surface area contributed by atoms with Gasteiger partial charge in [0.25, 0.3) is 5.91 Å². The summed E-state index contributed by atoms with van der Waals surface area (Å²) in [4.78, 5) is 27.6. The average Bonchev–Trinajstić information content (AvgIpc) is 3.22. The van der Waals surface area contributed by atoms with Crippen LogP contribution in [-0.4, -0.2) is 91.0 Å². The van der Waals surface area contributed by atoms with E-state index in [1.807, 2.05) is 6.92 Å². The first kappa shape index (κ1) is 25.5. The van der Waals surface area contributed by atoms with Crippen molar-refractivity contribution in [2.45, 2.75) is 43.7 Å². The van der Waals surface area contributed by atoms with E-state index in [2.05, 4.69) is 5.10 Å². The van der Waals surface area contributed by atoms with Crippen LogP contribution in [0.5, 0.6) is 0 Å². The van der Waals surface area contributed by atoms with Gasteiger partial charge in [0.15, 0.2) is 0 Å². The van der Waals surface area contributed by atoms with Crippen molar-refractivity contribution in [3.63, 3.8) is 0 Å². The molecule has 11 nitrogen and oxygen atoms in total. The van der Waals surface area contributed by atoms with E-state index in [-0.39, 0.29) is 22.4 Å². The van der Waals surface area contributed by atoms with E-state index in [0.29, 0.717) is 77.5 Å². The highest BCUT2D eigenvalue weighted by Gasteiger charge is 2.30. The summed E-state index contributed by atoms with van der Waals surface area (Å²) in [7, 11) is -2.01. The highest BCUT2D eigenvalue weighted by Crippen LogP contribution is 2.27. The molecule has 2 aliphatic heterocycles. The van der Waals surface area contributed by atoms with Crippen molar-refractivity contribution in [3.8, 4) is 0 Å².